The van der Waals surface area contributed by atoms with Gasteiger partial charge in [0, 0.05) is 0 Å². The van der Waals surface area contributed by atoms with Crippen LogP contribution < -0.4 is 0 Å². The Morgan fingerprint density at radius 1 is 1.31 bits per heavy atom. The van der Waals surface area contributed by atoms with E-state index in [1.54, 1.807) is 0 Å². The van der Waals surface area contributed by atoms with Gasteiger partial charge in [-0.05, 0) is 25.9 Å². The summed E-state index contributed by atoms with van der Waals surface area (Å²) in [5, 5.41) is 14.8. The summed E-state index contributed by atoms with van der Waals surface area (Å²) in [5.41, 5.74) is 0. The van der Waals surface area contributed by atoms with E-state index in [-0.39, 0.29) is 0 Å². The second kappa shape index (κ2) is 9.99. The van der Waals surface area contributed by atoms with Gasteiger partial charge in [0.05, 0.1) is 6.54 Å². The van der Waals surface area contributed by atoms with Crippen LogP contribution in [0.2, 0.25) is 0 Å². The molecule has 5 heteroatoms. The highest BCUT2D eigenvalue weighted by Crippen LogP contribution is 1.99. The van der Waals surface area contributed by atoms with Crippen LogP contribution in [0.1, 0.15) is 20.3 Å². The Kier molecular flexibility index (Phi) is 10.5. The van der Waals surface area contributed by atoms with Crippen LogP contribution in [0.4, 0.5) is 0 Å². The second-order valence-corrected chi connectivity index (χ2v) is 3.73. The molecule has 5 nitrogen and oxygen atoms in total. The Balaban J connectivity index is 0. The van der Waals surface area contributed by atoms with Crippen molar-refractivity contribution in [2.75, 3.05) is 20.1 Å². The number of aliphatic carboxylic acids is 2. The SMILES string of the molecule is C#CCN(C)CCC(C)C.O=C(O)C(=O)O. The molecule has 16 heavy (non-hydrogen) atoms. The number of nitrogens with zero attached hydrogens (tertiary/aromatic N) is 1. The first-order chi connectivity index (χ1) is 7.31. The maximum atomic E-state index is 9.10. The van der Waals surface area contributed by atoms with Crippen molar-refractivity contribution in [2.45, 2.75) is 20.3 Å². The van der Waals surface area contributed by atoms with E-state index in [1.807, 2.05) is 0 Å². The monoisotopic (exact) mass is 229 g/mol. The molecule has 0 aromatic heterocycles. The van der Waals surface area contributed by atoms with Gasteiger partial charge in [-0.1, -0.05) is 19.8 Å². The normalized spacial score (nSPS) is 9.25. The average molecular weight is 229 g/mol. The van der Waals surface area contributed by atoms with E-state index in [9.17, 15) is 0 Å². The van der Waals surface area contributed by atoms with Crippen LogP contribution >= 0.6 is 0 Å². The molecule has 0 aliphatic heterocycles. The largest absolute Gasteiger partial charge is 0.473 e. The zero-order valence-electron chi connectivity index (χ0n) is 9.93. The topological polar surface area (TPSA) is 77.8 Å². The molecule has 92 valence electrons. The summed E-state index contributed by atoms with van der Waals surface area (Å²) in [6.45, 7) is 6.34. The van der Waals surface area contributed by atoms with E-state index in [1.165, 1.54) is 6.42 Å². The van der Waals surface area contributed by atoms with Gasteiger partial charge >= 0.3 is 11.9 Å². The minimum atomic E-state index is -1.82. The molecule has 0 aliphatic rings. The maximum Gasteiger partial charge on any atom is 0.414 e. The first-order valence-electron chi connectivity index (χ1n) is 4.89. The van der Waals surface area contributed by atoms with Crippen LogP contribution in [0.3, 0.4) is 0 Å². The average Bonchev–Trinajstić information content (AvgIpc) is 2.16. The van der Waals surface area contributed by atoms with Gasteiger partial charge in [0.2, 0.25) is 0 Å². The van der Waals surface area contributed by atoms with Crippen LogP contribution in [0.15, 0.2) is 0 Å². The molecule has 0 aliphatic carbocycles. The Bertz CT molecular complexity index is 243. The summed E-state index contributed by atoms with van der Waals surface area (Å²) in [7, 11) is 2.06. The van der Waals surface area contributed by atoms with E-state index in [2.05, 4.69) is 31.7 Å². The molecule has 0 rings (SSSR count). The Morgan fingerprint density at radius 3 is 2.00 bits per heavy atom. The van der Waals surface area contributed by atoms with Crippen molar-refractivity contribution >= 4 is 11.9 Å². The third kappa shape index (κ3) is 15.0. The van der Waals surface area contributed by atoms with Crippen LogP contribution in [0.5, 0.6) is 0 Å². The molecule has 0 amide bonds. The van der Waals surface area contributed by atoms with E-state index in [0.29, 0.717) is 0 Å². The van der Waals surface area contributed by atoms with Crippen molar-refractivity contribution in [1.82, 2.24) is 4.90 Å². The van der Waals surface area contributed by atoms with Gasteiger partial charge in [0.1, 0.15) is 0 Å². The van der Waals surface area contributed by atoms with Gasteiger partial charge in [0.15, 0.2) is 0 Å². The van der Waals surface area contributed by atoms with E-state index in [0.717, 1.165) is 19.0 Å². The summed E-state index contributed by atoms with van der Waals surface area (Å²) in [6, 6.07) is 0. The van der Waals surface area contributed by atoms with Crippen molar-refractivity contribution in [3.05, 3.63) is 0 Å². The van der Waals surface area contributed by atoms with Crippen molar-refractivity contribution in [2.24, 2.45) is 5.92 Å². The Labute approximate surface area is 96.1 Å². The zero-order valence-corrected chi connectivity index (χ0v) is 9.93. The summed E-state index contributed by atoms with van der Waals surface area (Å²) < 4.78 is 0. The molecule has 0 bridgehead atoms. The number of hydrogen-bond acceptors (Lipinski definition) is 3. The number of hydrogen-bond donors (Lipinski definition) is 2. The van der Waals surface area contributed by atoms with Gasteiger partial charge < -0.3 is 10.2 Å². The van der Waals surface area contributed by atoms with Gasteiger partial charge in [-0.25, -0.2) is 9.59 Å². The van der Waals surface area contributed by atoms with Gasteiger partial charge in [-0.15, -0.1) is 6.42 Å². The first kappa shape index (κ1) is 16.9. The first-order valence-corrected chi connectivity index (χ1v) is 4.89. The fourth-order valence-electron chi connectivity index (χ4n) is 0.713. The van der Waals surface area contributed by atoms with Crippen molar-refractivity contribution in [1.29, 1.82) is 0 Å². The molecule has 0 saturated heterocycles. The highest BCUT2D eigenvalue weighted by atomic mass is 16.4. The second-order valence-electron chi connectivity index (χ2n) is 3.73. The summed E-state index contributed by atoms with van der Waals surface area (Å²) in [5.74, 6) is -0.253. The minimum Gasteiger partial charge on any atom is -0.473 e. The molecule has 0 aromatic rings. The third-order valence-electron chi connectivity index (χ3n) is 1.63. The maximum absolute atomic E-state index is 9.10. The van der Waals surface area contributed by atoms with Crippen LogP contribution in [0, 0.1) is 18.3 Å². The standard InChI is InChI=1S/C9H17N.C2H2O4/c1-5-7-10(4)8-6-9(2)3;3-1(4)2(5)6/h1,9H,6-8H2,2-4H3;(H,3,4)(H,5,6). The van der Waals surface area contributed by atoms with E-state index >= 15 is 0 Å². The fraction of sp³-hybridized carbons (Fsp3) is 0.636. The number of rotatable bonds is 4. The molecule has 0 spiro atoms. The molecule has 0 radical (unpaired) electrons. The lowest BCUT2D eigenvalue weighted by atomic mass is 10.1. The van der Waals surface area contributed by atoms with Crippen LogP contribution in [-0.4, -0.2) is 47.2 Å². The third-order valence-corrected chi connectivity index (χ3v) is 1.63. The van der Waals surface area contributed by atoms with Crippen molar-refractivity contribution in [3.8, 4) is 12.3 Å². The predicted octanol–water partition coefficient (Wildman–Crippen LogP) is 0.753. The lowest BCUT2D eigenvalue weighted by Gasteiger charge is -2.13. The molecule has 0 fully saturated rings. The Morgan fingerprint density at radius 2 is 1.75 bits per heavy atom. The van der Waals surface area contributed by atoms with Crippen LogP contribution in [0.25, 0.3) is 0 Å². The number of carboxylic acid groups (broad SMARTS) is 2. The summed E-state index contributed by atoms with van der Waals surface area (Å²) in [6.07, 6.45) is 6.38. The Hall–Kier alpha value is -1.54. The van der Waals surface area contributed by atoms with Gasteiger partial charge in [-0.3, -0.25) is 4.90 Å². The molecule has 0 aromatic carbocycles. The lowest BCUT2D eigenvalue weighted by molar-refractivity contribution is -0.159. The summed E-state index contributed by atoms with van der Waals surface area (Å²) in [4.78, 5) is 20.4. The summed E-state index contributed by atoms with van der Waals surface area (Å²) >= 11 is 0. The lowest BCUT2D eigenvalue weighted by Crippen LogP contribution is -2.20. The molecular weight excluding hydrogens is 210 g/mol. The highest BCUT2D eigenvalue weighted by molar-refractivity contribution is 6.27. The molecule has 0 unspecified atom stereocenters. The van der Waals surface area contributed by atoms with E-state index in [4.69, 9.17) is 26.2 Å². The molecule has 0 atom stereocenters. The molecule has 0 heterocycles. The smallest absolute Gasteiger partial charge is 0.414 e. The number of carbonyl (C=O) groups is 2. The molecular formula is C11H19NO4. The zero-order chi connectivity index (χ0) is 13.1. The van der Waals surface area contributed by atoms with Crippen molar-refractivity contribution < 1.29 is 19.8 Å². The molecule has 2 N–H and O–H groups in total. The van der Waals surface area contributed by atoms with E-state index < -0.39 is 11.9 Å². The quantitative estimate of drug-likeness (QED) is 0.549. The minimum absolute atomic E-state index is 0.771. The van der Waals surface area contributed by atoms with Crippen LogP contribution in [-0.2, 0) is 9.59 Å². The highest BCUT2D eigenvalue weighted by Gasteiger charge is 2.04. The number of terminal acetylenes is 1. The van der Waals surface area contributed by atoms with Crippen molar-refractivity contribution in [3.63, 3.8) is 0 Å². The van der Waals surface area contributed by atoms with Gasteiger partial charge in [-0.2, -0.15) is 0 Å². The fourth-order valence-corrected chi connectivity index (χ4v) is 0.713. The number of carboxylic acids is 2. The molecule has 0 saturated carbocycles. The predicted molar refractivity (Wildman–Crippen MR) is 61.1 cm³/mol. The van der Waals surface area contributed by atoms with Gasteiger partial charge in [0.25, 0.3) is 0 Å².